The van der Waals surface area contributed by atoms with Crippen molar-refractivity contribution in [2.24, 2.45) is 0 Å². The SMILES string of the molecule is Cc1cc(N)c2nc(-c3cccs3)nn2c1. The molecule has 0 unspecified atom stereocenters. The standard InChI is InChI=1S/C11H10N4S/c1-7-5-8(12)11-13-10(14-15(11)6-7)9-3-2-4-16-9/h2-6H,12H2,1H3. The molecule has 0 saturated carbocycles. The first-order chi connectivity index (χ1) is 7.74. The Bertz CT molecular complexity index is 639. The second-order valence-electron chi connectivity index (χ2n) is 3.65. The maximum absolute atomic E-state index is 5.90. The number of nitrogens with zero attached hydrogens (tertiary/aromatic N) is 3. The minimum Gasteiger partial charge on any atom is -0.396 e. The minimum atomic E-state index is 0.662. The highest BCUT2D eigenvalue weighted by Crippen LogP contribution is 2.23. The largest absolute Gasteiger partial charge is 0.396 e. The Hall–Kier alpha value is -1.88. The lowest BCUT2D eigenvalue weighted by atomic mass is 10.3. The number of pyridine rings is 1. The molecular weight excluding hydrogens is 220 g/mol. The van der Waals surface area contributed by atoms with Crippen LogP contribution in [0.15, 0.2) is 29.8 Å². The summed E-state index contributed by atoms with van der Waals surface area (Å²) in [5.74, 6) is 0.729. The molecule has 4 nitrogen and oxygen atoms in total. The van der Waals surface area contributed by atoms with Crippen LogP contribution in [0.4, 0.5) is 5.69 Å². The third-order valence-corrected chi connectivity index (χ3v) is 3.21. The fourth-order valence-electron chi connectivity index (χ4n) is 1.66. The van der Waals surface area contributed by atoms with Gasteiger partial charge >= 0.3 is 0 Å². The van der Waals surface area contributed by atoms with Crippen molar-refractivity contribution in [1.82, 2.24) is 14.6 Å². The molecule has 3 rings (SSSR count). The smallest absolute Gasteiger partial charge is 0.192 e. The number of aromatic nitrogens is 3. The number of hydrogen-bond acceptors (Lipinski definition) is 4. The predicted molar refractivity (Wildman–Crippen MR) is 65.4 cm³/mol. The van der Waals surface area contributed by atoms with Crippen molar-refractivity contribution in [3.8, 4) is 10.7 Å². The van der Waals surface area contributed by atoms with E-state index in [1.807, 2.05) is 36.7 Å². The van der Waals surface area contributed by atoms with Gasteiger partial charge in [0, 0.05) is 6.20 Å². The van der Waals surface area contributed by atoms with Crippen molar-refractivity contribution in [3.63, 3.8) is 0 Å². The number of hydrogen-bond donors (Lipinski definition) is 1. The van der Waals surface area contributed by atoms with Gasteiger partial charge in [0.15, 0.2) is 11.5 Å². The second-order valence-corrected chi connectivity index (χ2v) is 4.60. The van der Waals surface area contributed by atoms with Gasteiger partial charge in [-0.2, -0.15) is 0 Å². The van der Waals surface area contributed by atoms with Crippen LogP contribution in [0.2, 0.25) is 0 Å². The van der Waals surface area contributed by atoms with Gasteiger partial charge in [-0.25, -0.2) is 9.50 Å². The highest BCUT2D eigenvalue weighted by Gasteiger charge is 2.09. The average molecular weight is 230 g/mol. The molecule has 0 aliphatic carbocycles. The Kier molecular flexibility index (Phi) is 1.94. The van der Waals surface area contributed by atoms with Crippen LogP contribution in [0.25, 0.3) is 16.3 Å². The van der Waals surface area contributed by atoms with Crippen LogP contribution in [-0.4, -0.2) is 14.6 Å². The number of fused-ring (bicyclic) bond motifs is 1. The van der Waals surface area contributed by atoms with Gasteiger partial charge in [-0.15, -0.1) is 16.4 Å². The molecule has 0 spiro atoms. The number of aryl methyl sites for hydroxylation is 1. The maximum atomic E-state index is 5.90. The molecule has 5 heteroatoms. The van der Waals surface area contributed by atoms with Crippen LogP contribution < -0.4 is 5.73 Å². The molecule has 2 N–H and O–H groups in total. The van der Waals surface area contributed by atoms with E-state index in [1.54, 1.807) is 15.9 Å². The molecule has 0 amide bonds. The molecule has 3 heterocycles. The highest BCUT2D eigenvalue weighted by molar-refractivity contribution is 7.13. The molecule has 0 saturated heterocycles. The molecule has 16 heavy (non-hydrogen) atoms. The highest BCUT2D eigenvalue weighted by atomic mass is 32.1. The Morgan fingerprint density at radius 1 is 1.44 bits per heavy atom. The molecule has 0 atom stereocenters. The summed E-state index contributed by atoms with van der Waals surface area (Å²) in [6, 6.07) is 5.89. The fourth-order valence-corrected chi connectivity index (χ4v) is 2.31. The lowest BCUT2D eigenvalue weighted by Crippen LogP contribution is -1.94. The van der Waals surface area contributed by atoms with Crippen molar-refractivity contribution in [2.45, 2.75) is 6.92 Å². The first-order valence-electron chi connectivity index (χ1n) is 4.90. The first kappa shape index (κ1) is 9.35. The lowest BCUT2D eigenvalue weighted by Gasteiger charge is -1.97. The van der Waals surface area contributed by atoms with Crippen LogP contribution in [0.1, 0.15) is 5.56 Å². The Morgan fingerprint density at radius 2 is 2.31 bits per heavy atom. The molecule has 0 radical (unpaired) electrons. The van der Waals surface area contributed by atoms with Crippen LogP contribution >= 0.6 is 11.3 Å². The van der Waals surface area contributed by atoms with Gasteiger partial charge in [0.1, 0.15) is 0 Å². The third-order valence-electron chi connectivity index (χ3n) is 2.34. The summed E-state index contributed by atoms with van der Waals surface area (Å²) in [7, 11) is 0. The molecule has 0 aromatic carbocycles. The van der Waals surface area contributed by atoms with Gasteiger partial charge in [0.05, 0.1) is 10.6 Å². The van der Waals surface area contributed by atoms with Crippen LogP contribution in [0.5, 0.6) is 0 Å². The number of rotatable bonds is 1. The van der Waals surface area contributed by atoms with Crippen LogP contribution in [-0.2, 0) is 0 Å². The average Bonchev–Trinajstić information content (AvgIpc) is 2.82. The molecule has 0 aliphatic heterocycles. The van der Waals surface area contributed by atoms with Gasteiger partial charge in [0.25, 0.3) is 0 Å². The number of anilines is 1. The van der Waals surface area contributed by atoms with Crippen molar-refractivity contribution in [2.75, 3.05) is 5.73 Å². The molecule has 0 fully saturated rings. The molecule has 0 bridgehead atoms. The van der Waals surface area contributed by atoms with E-state index in [4.69, 9.17) is 5.73 Å². The van der Waals surface area contributed by atoms with E-state index in [2.05, 4.69) is 10.1 Å². The van der Waals surface area contributed by atoms with Gasteiger partial charge < -0.3 is 5.73 Å². The van der Waals surface area contributed by atoms with Gasteiger partial charge in [-0.3, -0.25) is 0 Å². The minimum absolute atomic E-state index is 0.662. The molecule has 0 aliphatic rings. The fraction of sp³-hybridized carbons (Fsp3) is 0.0909. The summed E-state index contributed by atoms with van der Waals surface area (Å²) in [4.78, 5) is 5.49. The topological polar surface area (TPSA) is 56.2 Å². The zero-order valence-electron chi connectivity index (χ0n) is 8.71. The monoisotopic (exact) mass is 230 g/mol. The summed E-state index contributed by atoms with van der Waals surface area (Å²) in [5, 5.41) is 6.42. The lowest BCUT2D eigenvalue weighted by molar-refractivity contribution is 0.959. The molecule has 80 valence electrons. The zero-order valence-corrected chi connectivity index (χ0v) is 9.53. The summed E-state index contributed by atoms with van der Waals surface area (Å²) < 4.78 is 1.74. The van der Waals surface area contributed by atoms with Crippen molar-refractivity contribution in [3.05, 3.63) is 35.3 Å². The van der Waals surface area contributed by atoms with E-state index in [1.165, 1.54) is 0 Å². The number of nitrogen functional groups attached to an aromatic ring is 1. The van der Waals surface area contributed by atoms with Gasteiger partial charge in [-0.1, -0.05) is 6.07 Å². The van der Waals surface area contributed by atoms with E-state index in [0.29, 0.717) is 11.3 Å². The summed E-state index contributed by atoms with van der Waals surface area (Å²) in [6.45, 7) is 1.99. The Labute approximate surface area is 96.4 Å². The Balaban J connectivity index is 2.27. The molecular formula is C11H10N4S. The number of thiophene rings is 1. The summed E-state index contributed by atoms with van der Waals surface area (Å²) >= 11 is 1.62. The van der Waals surface area contributed by atoms with Crippen molar-refractivity contribution < 1.29 is 0 Å². The normalized spacial score (nSPS) is 11.1. The third kappa shape index (κ3) is 1.37. The van der Waals surface area contributed by atoms with Crippen LogP contribution in [0.3, 0.4) is 0 Å². The van der Waals surface area contributed by atoms with Crippen LogP contribution in [0, 0.1) is 6.92 Å². The molecule has 3 aromatic heterocycles. The first-order valence-corrected chi connectivity index (χ1v) is 5.78. The summed E-state index contributed by atoms with van der Waals surface area (Å²) in [6.07, 6.45) is 1.93. The van der Waals surface area contributed by atoms with E-state index < -0.39 is 0 Å². The Morgan fingerprint density at radius 3 is 3.06 bits per heavy atom. The zero-order chi connectivity index (χ0) is 11.1. The maximum Gasteiger partial charge on any atom is 0.192 e. The van der Waals surface area contributed by atoms with E-state index >= 15 is 0 Å². The quantitative estimate of drug-likeness (QED) is 0.698. The van der Waals surface area contributed by atoms with E-state index in [-0.39, 0.29) is 0 Å². The van der Waals surface area contributed by atoms with Gasteiger partial charge in [-0.05, 0) is 30.0 Å². The van der Waals surface area contributed by atoms with E-state index in [0.717, 1.165) is 16.3 Å². The van der Waals surface area contributed by atoms with Gasteiger partial charge in [0.2, 0.25) is 0 Å². The molecule has 3 aromatic rings. The van der Waals surface area contributed by atoms with E-state index in [9.17, 15) is 0 Å². The summed E-state index contributed by atoms with van der Waals surface area (Å²) in [5.41, 5.74) is 8.36. The predicted octanol–water partition coefficient (Wildman–Crippen LogP) is 2.35. The van der Waals surface area contributed by atoms with Crippen molar-refractivity contribution in [1.29, 1.82) is 0 Å². The number of nitrogens with two attached hydrogens (primary N) is 1. The van der Waals surface area contributed by atoms with Crippen molar-refractivity contribution >= 4 is 22.7 Å². The second kappa shape index (κ2) is 3.31.